The van der Waals surface area contributed by atoms with Gasteiger partial charge in [0.1, 0.15) is 20.4 Å². The third-order valence-electron chi connectivity index (χ3n) is 6.86. The van der Waals surface area contributed by atoms with Crippen LogP contribution in [0.4, 0.5) is 17.1 Å². The molecule has 2 aliphatic carbocycles. The molecule has 0 heterocycles. The van der Waals surface area contributed by atoms with Crippen molar-refractivity contribution in [3.8, 4) is 0 Å². The first-order valence-corrected chi connectivity index (χ1v) is 22.4. The zero-order valence-corrected chi connectivity index (χ0v) is 32.5. The van der Waals surface area contributed by atoms with Gasteiger partial charge in [-0.15, -0.1) is 10.2 Å². The summed E-state index contributed by atoms with van der Waals surface area (Å²) in [6.45, 7) is -1.07. The zero-order valence-electron chi connectivity index (χ0n) is 31.6. The molecule has 2 aromatic rings. The molecule has 0 bridgehead atoms. The molecule has 0 unspecified atom stereocenters. The summed E-state index contributed by atoms with van der Waals surface area (Å²) in [5.41, 5.74) is 3.30. The molecule has 0 spiro atoms. The van der Waals surface area contributed by atoms with Crippen molar-refractivity contribution in [2.75, 3.05) is 28.9 Å². The van der Waals surface area contributed by atoms with E-state index in [9.17, 15) is 78.3 Å². The van der Waals surface area contributed by atoms with Gasteiger partial charge in [0.2, 0.25) is 11.6 Å². The van der Waals surface area contributed by atoms with E-state index < -0.39 is 149 Å². The van der Waals surface area contributed by atoms with E-state index in [0.717, 1.165) is 6.08 Å². The fourth-order valence-electron chi connectivity index (χ4n) is 4.49. The Kier molecular flexibility index (Phi) is 13.1. The summed E-state index contributed by atoms with van der Waals surface area (Å²) in [6.07, 6.45) is 2.36. The number of rotatable bonds is 13. The fraction of sp³-hybridized carbons (Fsp3) is 0.0833. The molecule has 0 amide bonds. The number of nitrogens with two attached hydrogens (primary N) is 1. The summed E-state index contributed by atoms with van der Waals surface area (Å²) in [5.74, 6) is -3.75. The summed E-state index contributed by atoms with van der Waals surface area (Å²) in [7, 11) is -30.7. The third kappa shape index (κ3) is 10.6. The Morgan fingerprint density at radius 1 is 0.732 bits per heavy atom. The predicted octanol–water partition coefficient (Wildman–Crippen LogP) is -0.513. The SMILES string of the molecule is Nc1c(NNc2cc(S(=O)(=O)O)ccc2S(=O)(=O)O)c(S(=O)(=O)O)cc2c1C(=O)C(=N/N=C1\C=C(S(=O)(=O)CCOS(=O)(=O)O)C=CC1=O)C(S(=O)(=O)O)=C2.[Cu].[H+].[H+].[H+].[H+].[H+]. The number of nitrogen functional groups attached to an aromatic ring is 1. The monoisotopic (exact) mass is 959 g/mol. The van der Waals surface area contributed by atoms with Gasteiger partial charge >= 0.3 is 17.5 Å². The van der Waals surface area contributed by atoms with Gasteiger partial charge in [-0.2, -0.15) is 42.1 Å². The van der Waals surface area contributed by atoms with Gasteiger partial charge in [-0.3, -0.25) is 43.2 Å². The summed E-state index contributed by atoms with van der Waals surface area (Å²) >= 11 is 0. The number of hydrazine groups is 1. The number of sulfone groups is 1. The van der Waals surface area contributed by atoms with E-state index in [1.54, 1.807) is 0 Å². The van der Waals surface area contributed by atoms with Crippen molar-refractivity contribution in [2.45, 2.75) is 14.7 Å². The first-order valence-electron chi connectivity index (χ1n) is 13.7. The summed E-state index contributed by atoms with van der Waals surface area (Å²) in [4.78, 5) is 20.8. The Labute approximate surface area is 333 Å². The molecule has 1 radical (unpaired) electrons. The van der Waals surface area contributed by atoms with Gasteiger partial charge in [0.05, 0.1) is 44.8 Å². The Bertz CT molecular complexity index is 2940. The number of carbonyl (C=O) groups is 2. The number of carbonyl (C=O) groups excluding carboxylic acids is 2. The number of anilines is 3. The van der Waals surface area contributed by atoms with Gasteiger partial charge < -0.3 is 5.73 Å². The minimum atomic E-state index is -5.51. The van der Waals surface area contributed by atoms with Crippen LogP contribution >= 0.6 is 0 Å². The molecule has 9 N–H and O–H groups in total. The number of nitrogens with one attached hydrogen (secondary N) is 2. The van der Waals surface area contributed by atoms with Crippen LogP contribution in [0.5, 0.6) is 0 Å². The second-order valence-corrected chi connectivity index (χ2v) is 19.3. The van der Waals surface area contributed by atoms with Crippen LogP contribution in [0.2, 0.25) is 0 Å². The van der Waals surface area contributed by atoms with Gasteiger partial charge in [0, 0.05) is 17.1 Å². The first kappa shape index (κ1) is 46.1. The van der Waals surface area contributed by atoms with E-state index in [-0.39, 0.29) is 24.2 Å². The second kappa shape index (κ2) is 15.9. The molecule has 0 aromatic heterocycles. The molecule has 4 rings (SSSR count). The van der Waals surface area contributed by atoms with Crippen molar-refractivity contribution >= 4 is 107 Å². The Hall–Kier alpha value is -4.28. The van der Waals surface area contributed by atoms with Crippen molar-refractivity contribution in [1.29, 1.82) is 0 Å². The summed E-state index contributed by atoms with van der Waals surface area (Å²) < 4.78 is 195. The van der Waals surface area contributed by atoms with Crippen LogP contribution in [-0.2, 0) is 86.8 Å². The number of allylic oxidation sites excluding steroid dienone is 4. The van der Waals surface area contributed by atoms with Crippen LogP contribution in [-0.4, -0.2) is 109 Å². The molecule has 0 aliphatic heterocycles. The maximum atomic E-state index is 13.7. The molecular formula is C24H26CuN5O20S6+5. The number of fused-ring (bicyclic) bond motifs is 1. The van der Waals surface area contributed by atoms with Gasteiger partial charge in [0.15, 0.2) is 15.5 Å². The van der Waals surface area contributed by atoms with E-state index in [4.69, 9.17) is 10.3 Å². The molecule has 0 saturated heterocycles. The smallest absolute Gasteiger partial charge is 0.396 e. The maximum Gasteiger partial charge on any atom is 1.00 e. The quantitative estimate of drug-likeness (QED) is 0.0412. The van der Waals surface area contributed by atoms with Crippen molar-refractivity contribution < 1.29 is 111 Å². The van der Waals surface area contributed by atoms with E-state index in [1.165, 1.54) is 0 Å². The molecule has 2 aromatic carbocycles. The molecular weight excluding hydrogens is 934 g/mol. The summed E-state index contributed by atoms with van der Waals surface area (Å²) in [5, 5.41) is 6.79. The van der Waals surface area contributed by atoms with Crippen molar-refractivity contribution in [2.24, 2.45) is 10.2 Å². The van der Waals surface area contributed by atoms with Crippen LogP contribution in [0.3, 0.4) is 0 Å². The standard InChI is InChI=1S/C24H21N5O20S6.Cu/c25-21-20-11(7-18(53(40,41)42)22(21)28-27-15-10-13(51(34,35)36)2-4-17(15)52(37,38)39)8-19(54(43,44)45)23(24(20)31)29-26-14-9-12(1-3-16(14)30)50(32,33)6-5-49-55(46,47)48;/h1-4,7-10,27-28H,5-6,25H2,(H,34,35,36)(H,37,38,39)(H,40,41,42)(H,43,44,45)(H,46,47,48);/p+5/b26-14+,29-23?;. The minimum absolute atomic E-state index is 0. The van der Waals surface area contributed by atoms with Crippen molar-refractivity contribution in [3.63, 3.8) is 0 Å². The molecule has 2 aliphatic rings. The normalized spacial score (nSPS) is 16.9. The number of hydrogen-bond donors (Lipinski definition) is 8. The molecule has 0 saturated carbocycles. The van der Waals surface area contributed by atoms with Gasteiger partial charge in [-0.25, -0.2) is 12.6 Å². The Morgan fingerprint density at radius 3 is 1.88 bits per heavy atom. The molecule has 25 nitrogen and oxygen atoms in total. The fourth-order valence-corrected chi connectivity index (χ4v) is 8.48. The van der Waals surface area contributed by atoms with Gasteiger partial charge in [-0.05, 0) is 54.1 Å². The van der Waals surface area contributed by atoms with Crippen molar-refractivity contribution in [3.05, 3.63) is 63.4 Å². The van der Waals surface area contributed by atoms with Gasteiger partial charge in [0.25, 0.3) is 40.5 Å². The number of Topliss-reactive ketones (excluding diaryl/α,β-unsaturated/α-hetero) is 1. The van der Waals surface area contributed by atoms with Crippen LogP contribution in [0.25, 0.3) is 6.08 Å². The van der Waals surface area contributed by atoms with E-state index in [2.05, 4.69) is 14.4 Å². The number of benzene rings is 2. The Balaban J connectivity index is -0.00000561. The van der Waals surface area contributed by atoms with E-state index in [0.29, 0.717) is 42.5 Å². The molecule has 56 heavy (non-hydrogen) atoms. The molecule has 32 heteroatoms. The average molecular weight is 960 g/mol. The van der Waals surface area contributed by atoms with Crippen LogP contribution in [0.15, 0.2) is 77.2 Å². The van der Waals surface area contributed by atoms with E-state index >= 15 is 0 Å². The Morgan fingerprint density at radius 2 is 1.34 bits per heavy atom. The number of ketones is 2. The van der Waals surface area contributed by atoms with Crippen LogP contribution in [0, 0.1) is 0 Å². The second-order valence-electron chi connectivity index (χ2n) is 10.5. The molecule has 309 valence electrons. The third-order valence-corrected chi connectivity index (χ3v) is 12.5. The summed E-state index contributed by atoms with van der Waals surface area (Å²) in [6, 6.07) is 1.91. The minimum Gasteiger partial charge on any atom is -0.396 e. The number of nitrogens with zero attached hydrogens (tertiary/aromatic N) is 2. The van der Waals surface area contributed by atoms with Crippen LogP contribution in [0.1, 0.15) is 23.1 Å². The molecule has 0 atom stereocenters. The first-order chi connectivity index (χ1) is 24.9. The maximum absolute atomic E-state index is 13.7. The van der Waals surface area contributed by atoms with E-state index in [1.807, 2.05) is 10.9 Å². The topological polar surface area (TPSA) is 424 Å². The van der Waals surface area contributed by atoms with Gasteiger partial charge in [-0.1, -0.05) is 0 Å². The number of hydrogen-bond acceptors (Lipinski definition) is 20. The average Bonchev–Trinajstić information content (AvgIpc) is 3.01. The van der Waals surface area contributed by atoms with Crippen molar-refractivity contribution in [1.82, 2.24) is 0 Å². The molecule has 0 fully saturated rings. The zero-order chi connectivity index (χ0) is 41.7. The largest absolute Gasteiger partial charge is 1.00 e. The van der Waals surface area contributed by atoms with Crippen LogP contribution < -0.4 is 16.6 Å². The predicted molar refractivity (Wildman–Crippen MR) is 192 cm³/mol.